The Morgan fingerprint density at radius 1 is 1.43 bits per heavy atom. The van der Waals surface area contributed by atoms with E-state index < -0.39 is 0 Å². The van der Waals surface area contributed by atoms with Crippen molar-refractivity contribution in [1.29, 1.82) is 5.41 Å². The lowest BCUT2D eigenvalue weighted by Crippen LogP contribution is -2.27. The second-order valence-electron chi connectivity index (χ2n) is 3.36. The Kier molecular flexibility index (Phi) is 2.03. The third-order valence-electron chi connectivity index (χ3n) is 2.37. The highest BCUT2D eigenvalue weighted by Gasteiger charge is 2.14. The summed E-state index contributed by atoms with van der Waals surface area (Å²) < 4.78 is 0.569. The summed E-state index contributed by atoms with van der Waals surface area (Å²) in [6, 6.07) is 1.52. The molecule has 0 bridgehead atoms. The summed E-state index contributed by atoms with van der Waals surface area (Å²) in [6.07, 6.45) is 2.28. The van der Waals surface area contributed by atoms with Gasteiger partial charge in [0, 0.05) is 19.2 Å². The zero-order valence-electron chi connectivity index (χ0n) is 7.77. The molecule has 0 spiro atoms. The smallest absolute Gasteiger partial charge is 0.238 e. The summed E-state index contributed by atoms with van der Waals surface area (Å²) in [4.78, 5) is 6.08. The van der Waals surface area contributed by atoms with Crippen molar-refractivity contribution in [2.75, 3.05) is 23.7 Å². The van der Waals surface area contributed by atoms with Crippen molar-refractivity contribution in [2.24, 2.45) is 0 Å². The Labute approximate surface area is 81.1 Å². The van der Waals surface area contributed by atoms with Gasteiger partial charge in [0.25, 0.3) is 0 Å². The first-order chi connectivity index (χ1) is 6.68. The van der Waals surface area contributed by atoms with Crippen LogP contribution in [-0.2, 0) is 0 Å². The number of rotatable bonds is 1. The first-order valence-electron chi connectivity index (χ1n) is 4.57. The Balaban J connectivity index is 2.39. The SMILES string of the molecule is N=c1cc(N2CCCC2)nc(N)n1O. The summed E-state index contributed by atoms with van der Waals surface area (Å²) in [7, 11) is 0. The summed E-state index contributed by atoms with van der Waals surface area (Å²) in [5, 5.41) is 16.6. The number of hydrogen-bond donors (Lipinski definition) is 3. The number of nitrogen functional groups attached to an aromatic ring is 1. The first kappa shape index (κ1) is 8.86. The molecular formula is C8H13N5O. The highest BCUT2D eigenvalue weighted by molar-refractivity contribution is 5.41. The molecule has 1 aromatic heterocycles. The van der Waals surface area contributed by atoms with Crippen LogP contribution in [0.3, 0.4) is 0 Å². The van der Waals surface area contributed by atoms with Gasteiger partial charge in [-0.25, -0.2) is 0 Å². The van der Waals surface area contributed by atoms with E-state index in [0.717, 1.165) is 25.9 Å². The summed E-state index contributed by atoms with van der Waals surface area (Å²) in [6.45, 7) is 1.89. The molecule has 6 heteroatoms. The standard InChI is InChI=1S/C8H13N5O/c9-6-5-7(11-8(10)13(6)14)12-3-1-2-4-12/h5,9,14H,1-4H2,(H2,10,11). The van der Waals surface area contributed by atoms with E-state index >= 15 is 0 Å². The molecule has 76 valence electrons. The lowest BCUT2D eigenvalue weighted by Gasteiger charge is -2.16. The third-order valence-corrected chi connectivity index (χ3v) is 2.37. The van der Waals surface area contributed by atoms with E-state index in [0.29, 0.717) is 10.5 Å². The lowest BCUT2D eigenvalue weighted by molar-refractivity contribution is 0.174. The summed E-state index contributed by atoms with van der Waals surface area (Å²) in [5.41, 5.74) is 5.40. The molecule has 2 heterocycles. The second-order valence-corrected chi connectivity index (χ2v) is 3.36. The third kappa shape index (κ3) is 1.39. The van der Waals surface area contributed by atoms with Crippen molar-refractivity contribution in [3.63, 3.8) is 0 Å². The molecule has 1 fully saturated rings. The molecule has 6 nitrogen and oxygen atoms in total. The number of nitrogens with two attached hydrogens (primary N) is 1. The molecule has 0 amide bonds. The zero-order chi connectivity index (χ0) is 10.1. The fourth-order valence-electron chi connectivity index (χ4n) is 1.61. The second kappa shape index (κ2) is 3.21. The molecule has 0 aliphatic carbocycles. The van der Waals surface area contributed by atoms with Crippen LogP contribution in [0.2, 0.25) is 0 Å². The minimum atomic E-state index is -0.0422. The quantitative estimate of drug-likeness (QED) is 0.540. The number of nitrogens with zero attached hydrogens (tertiary/aromatic N) is 3. The maximum absolute atomic E-state index is 9.20. The number of hydrogen-bond acceptors (Lipinski definition) is 5. The monoisotopic (exact) mass is 195 g/mol. The molecule has 1 saturated heterocycles. The molecule has 0 saturated carbocycles. The van der Waals surface area contributed by atoms with Gasteiger partial charge in [0.15, 0.2) is 5.49 Å². The topological polar surface area (TPSA) is 91.2 Å². The molecular weight excluding hydrogens is 182 g/mol. The van der Waals surface area contributed by atoms with Crippen LogP contribution < -0.4 is 16.1 Å². The van der Waals surface area contributed by atoms with Crippen molar-refractivity contribution >= 4 is 11.8 Å². The van der Waals surface area contributed by atoms with Crippen LogP contribution in [0.15, 0.2) is 6.07 Å². The minimum Gasteiger partial charge on any atom is -0.423 e. The summed E-state index contributed by atoms with van der Waals surface area (Å²) >= 11 is 0. The van der Waals surface area contributed by atoms with Crippen molar-refractivity contribution in [2.45, 2.75) is 12.8 Å². The zero-order valence-corrected chi connectivity index (χ0v) is 7.77. The maximum atomic E-state index is 9.20. The van der Waals surface area contributed by atoms with Crippen molar-refractivity contribution in [3.05, 3.63) is 11.6 Å². The molecule has 2 rings (SSSR count). The van der Waals surface area contributed by atoms with Crippen molar-refractivity contribution in [1.82, 2.24) is 9.71 Å². The van der Waals surface area contributed by atoms with Crippen LogP contribution in [-0.4, -0.2) is 28.0 Å². The predicted octanol–water partition coefficient (Wildman–Crippen LogP) is -0.218. The van der Waals surface area contributed by atoms with E-state index in [4.69, 9.17) is 11.1 Å². The number of nitrogens with one attached hydrogen (secondary N) is 1. The van der Waals surface area contributed by atoms with Gasteiger partial charge in [0.2, 0.25) is 5.95 Å². The van der Waals surface area contributed by atoms with Crippen molar-refractivity contribution < 1.29 is 5.21 Å². The molecule has 1 aliphatic rings. The van der Waals surface area contributed by atoms with Crippen LogP contribution in [0.5, 0.6) is 0 Å². The average molecular weight is 195 g/mol. The molecule has 14 heavy (non-hydrogen) atoms. The molecule has 1 aliphatic heterocycles. The van der Waals surface area contributed by atoms with Gasteiger partial charge >= 0.3 is 0 Å². The van der Waals surface area contributed by atoms with Crippen LogP contribution in [0.25, 0.3) is 0 Å². The number of aromatic nitrogens is 2. The van der Waals surface area contributed by atoms with Crippen LogP contribution >= 0.6 is 0 Å². The first-order valence-corrected chi connectivity index (χ1v) is 4.57. The van der Waals surface area contributed by atoms with E-state index in [9.17, 15) is 5.21 Å². The van der Waals surface area contributed by atoms with Crippen LogP contribution in [0.1, 0.15) is 12.8 Å². The molecule has 0 aromatic carbocycles. The molecule has 0 atom stereocenters. The largest absolute Gasteiger partial charge is 0.423 e. The normalized spacial score (nSPS) is 16.1. The fourth-order valence-corrected chi connectivity index (χ4v) is 1.61. The highest BCUT2D eigenvalue weighted by Crippen LogP contribution is 2.16. The van der Waals surface area contributed by atoms with E-state index in [1.807, 2.05) is 0 Å². The lowest BCUT2D eigenvalue weighted by atomic mass is 10.4. The van der Waals surface area contributed by atoms with Gasteiger partial charge in [-0.1, -0.05) is 0 Å². The van der Waals surface area contributed by atoms with Gasteiger partial charge in [-0.2, -0.15) is 4.98 Å². The van der Waals surface area contributed by atoms with E-state index in [1.54, 1.807) is 0 Å². The van der Waals surface area contributed by atoms with E-state index in [2.05, 4.69) is 9.88 Å². The molecule has 0 radical (unpaired) electrons. The van der Waals surface area contributed by atoms with Gasteiger partial charge in [-0.15, -0.1) is 4.73 Å². The van der Waals surface area contributed by atoms with Gasteiger partial charge in [0.05, 0.1) is 0 Å². The minimum absolute atomic E-state index is 0.0422. The van der Waals surface area contributed by atoms with Gasteiger partial charge < -0.3 is 15.8 Å². The van der Waals surface area contributed by atoms with Gasteiger partial charge in [-0.05, 0) is 12.8 Å². The Hall–Kier alpha value is -1.72. The fraction of sp³-hybridized carbons (Fsp3) is 0.500. The summed E-state index contributed by atoms with van der Waals surface area (Å²) in [5.74, 6) is 0.634. The van der Waals surface area contributed by atoms with Crippen LogP contribution in [0, 0.1) is 5.41 Å². The van der Waals surface area contributed by atoms with E-state index in [1.165, 1.54) is 6.07 Å². The van der Waals surface area contributed by atoms with Gasteiger partial charge in [0.1, 0.15) is 5.82 Å². The van der Waals surface area contributed by atoms with Gasteiger partial charge in [-0.3, -0.25) is 5.41 Å². The maximum Gasteiger partial charge on any atom is 0.238 e. The highest BCUT2D eigenvalue weighted by atomic mass is 16.5. The molecule has 4 N–H and O–H groups in total. The Bertz CT molecular complexity index is 393. The Morgan fingerprint density at radius 3 is 2.64 bits per heavy atom. The molecule has 1 aromatic rings. The van der Waals surface area contributed by atoms with Crippen molar-refractivity contribution in [3.8, 4) is 0 Å². The predicted molar refractivity (Wildman–Crippen MR) is 51.1 cm³/mol. The van der Waals surface area contributed by atoms with Crippen LogP contribution in [0.4, 0.5) is 11.8 Å². The average Bonchev–Trinajstić information content (AvgIpc) is 2.66. The molecule has 0 unspecified atom stereocenters. The Morgan fingerprint density at radius 2 is 2.07 bits per heavy atom. The number of anilines is 2. The van der Waals surface area contributed by atoms with E-state index in [-0.39, 0.29) is 11.4 Å².